The summed E-state index contributed by atoms with van der Waals surface area (Å²) in [5, 5.41) is 13.9. The number of nitrogens with one attached hydrogen (secondary N) is 1. The zero-order chi connectivity index (χ0) is 18.8. The van der Waals surface area contributed by atoms with Crippen LogP contribution in [0.25, 0.3) is 0 Å². The molecule has 25 heavy (non-hydrogen) atoms. The largest absolute Gasteiger partial charge is 0.511 e. The van der Waals surface area contributed by atoms with Crippen LogP contribution < -0.4 is 5.32 Å². The van der Waals surface area contributed by atoms with Gasteiger partial charge in [-0.1, -0.05) is 0 Å². The number of benzene rings is 1. The van der Waals surface area contributed by atoms with Crippen LogP contribution in [0.4, 0.5) is 24.5 Å². The van der Waals surface area contributed by atoms with Crippen LogP contribution in [-0.4, -0.2) is 42.8 Å². The van der Waals surface area contributed by atoms with Crippen molar-refractivity contribution in [1.82, 2.24) is 4.31 Å². The van der Waals surface area contributed by atoms with Crippen molar-refractivity contribution >= 4 is 21.4 Å². The van der Waals surface area contributed by atoms with Gasteiger partial charge in [-0.3, -0.25) is 10.1 Å². The molecular weight excluding hydrogens is 363 g/mol. The average Bonchev–Trinajstić information content (AvgIpc) is 2.52. The maximum atomic E-state index is 12.5. The van der Waals surface area contributed by atoms with Crippen LogP contribution in [0.3, 0.4) is 0 Å². The van der Waals surface area contributed by atoms with Crippen molar-refractivity contribution in [3.05, 3.63) is 33.9 Å². The van der Waals surface area contributed by atoms with E-state index in [0.717, 1.165) is 0 Å². The van der Waals surface area contributed by atoms with E-state index in [2.05, 4.69) is 5.32 Å². The van der Waals surface area contributed by atoms with Gasteiger partial charge >= 0.3 is 15.5 Å². The number of nitrogens with zero attached hydrogens (tertiary/aromatic N) is 2. The van der Waals surface area contributed by atoms with Crippen molar-refractivity contribution in [3.8, 4) is 0 Å². The number of nitro benzene ring substituents is 1. The Labute approximate surface area is 143 Å². The number of rotatable bonds is 5. The molecule has 7 nitrogen and oxygen atoms in total. The number of hydrogen-bond acceptors (Lipinski definition) is 5. The molecule has 0 unspecified atom stereocenters. The number of nitro groups is 1. The van der Waals surface area contributed by atoms with Gasteiger partial charge in [0.05, 0.1) is 4.92 Å². The highest BCUT2D eigenvalue weighted by Crippen LogP contribution is 2.30. The molecule has 0 amide bonds. The smallest absolute Gasteiger partial charge is 0.385 e. The molecule has 11 heteroatoms. The van der Waals surface area contributed by atoms with Crippen LogP contribution >= 0.6 is 0 Å². The predicted octanol–water partition coefficient (Wildman–Crippen LogP) is 2.88. The zero-order valence-electron chi connectivity index (χ0n) is 13.4. The van der Waals surface area contributed by atoms with Crippen molar-refractivity contribution in [3.63, 3.8) is 0 Å². The summed E-state index contributed by atoms with van der Waals surface area (Å²) in [6, 6.07) is 4.58. The van der Waals surface area contributed by atoms with E-state index in [9.17, 15) is 31.7 Å². The van der Waals surface area contributed by atoms with Gasteiger partial charge in [0, 0.05) is 37.0 Å². The number of anilines is 1. The molecule has 1 fully saturated rings. The van der Waals surface area contributed by atoms with E-state index in [1.54, 1.807) is 19.1 Å². The molecule has 1 aromatic carbocycles. The van der Waals surface area contributed by atoms with E-state index in [4.69, 9.17) is 0 Å². The molecule has 0 atom stereocenters. The maximum absolute atomic E-state index is 12.5. The lowest BCUT2D eigenvalue weighted by Crippen LogP contribution is -2.45. The lowest BCUT2D eigenvalue weighted by molar-refractivity contribution is -0.385. The van der Waals surface area contributed by atoms with Crippen molar-refractivity contribution in [2.45, 2.75) is 25.3 Å². The molecule has 0 saturated carbocycles. The Hall–Kier alpha value is -1.88. The number of piperidine rings is 1. The summed E-state index contributed by atoms with van der Waals surface area (Å²) < 4.78 is 60.7. The molecule has 140 valence electrons. The Kier molecular flexibility index (Phi) is 5.57. The van der Waals surface area contributed by atoms with Gasteiger partial charge in [-0.25, -0.2) is 8.42 Å². The Morgan fingerprint density at radius 1 is 1.32 bits per heavy atom. The highest BCUT2D eigenvalue weighted by Gasteiger charge is 2.50. The second kappa shape index (κ2) is 7.16. The van der Waals surface area contributed by atoms with Crippen molar-refractivity contribution in [2.75, 3.05) is 25.0 Å². The Balaban J connectivity index is 1.89. The van der Waals surface area contributed by atoms with E-state index in [1.165, 1.54) is 6.07 Å². The molecule has 0 aliphatic carbocycles. The van der Waals surface area contributed by atoms with Crippen LogP contribution in [0.2, 0.25) is 0 Å². The fourth-order valence-corrected chi connectivity index (χ4v) is 3.72. The van der Waals surface area contributed by atoms with Crippen LogP contribution in [0.15, 0.2) is 18.2 Å². The summed E-state index contributed by atoms with van der Waals surface area (Å²) in [6.07, 6.45) is 0.628. The van der Waals surface area contributed by atoms with Gasteiger partial charge in [-0.15, -0.1) is 0 Å². The van der Waals surface area contributed by atoms with Crippen LogP contribution in [-0.2, 0) is 10.0 Å². The van der Waals surface area contributed by atoms with E-state index in [-0.39, 0.29) is 24.7 Å². The summed E-state index contributed by atoms with van der Waals surface area (Å²) in [7, 11) is -5.26. The zero-order valence-corrected chi connectivity index (χ0v) is 14.2. The summed E-state index contributed by atoms with van der Waals surface area (Å²) in [6.45, 7) is 1.72. The van der Waals surface area contributed by atoms with E-state index in [0.29, 0.717) is 34.9 Å². The van der Waals surface area contributed by atoms with Crippen molar-refractivity contribution in [1.29, 1.82) is 0 Å². The summed E-state index contributed by atoms with van der Waals surface area (Å²) in [5.74, 6) is 0.0233. The van der Waals surface area contributed by atoms with Crippen LogP contribution in [0, 0.1) is 23.0 Å². The van der Waals surface area contributed by atoms with Gasteiger partial charge in [0.25, 0.3) is 5.69 Å². The highest BCUT2D eigenvalue weighted by atomic mass is 32.2. The second-order valence-corrected chi connectivity index (χ2v) is 7.86. The van der Waals surface area contributed by atoms with E-state index in [1.807, 2.05) is 0 Å². The first kappa shape index (κ1) is 19.4. The monoisotopic (exact) mass is 381 g/mol. The van der Waals surface area contributed by atoms with Gasteiger partial charge in [-0.2, -0.15) is 17.5 Å². The topological polar surface area (TPSA) is 92.6 Å². The molecule has 2 rings (SSSR count). The molecule has 1 aromatic rings. The lowest BCUT2D eigenvalue weighted by atomic mass is 9.98. The summed E-state index contributed by atoms with van der Waals surface area (Å²) in [4.78, 5) is 10.3. The molecule has 0 spiro atoms. The van der Waals surface area contributed by atoms with Gasteiger partial charge in [0.1, 0.15) is 0 Å². The molecule has 1 heterocycles. The average molecular weight is 381 g/mol. The fraction of sp³-hybridized carbons (Fsp3) is 0.571. The first-order chi connectivity index (χ1) is 11.5. The van der Waals surface area contributed by atoms with Crippen LogP contribution in [0.1, 0.15) is 18.4 Å². The first-order valence-electron chi connectivity index (χ1n) is 7.57. The molecule has 1 aliphatic heterocycles. The standard InChI is InChI=1S/C14H18F3N3O4S/c1-10-8-12(2-3-13(10)20(21)22)18-9-11-4-6-19(7-5-11)25(23,24)14(15,16)17/h2-3,8,11,18H,4-7,9H2,1H3. The Morgan fingerprint density at radius 2 is 1.92 bits per heavy atom. The first-order valence-corrected chi connectivity index (χ1v) is 9.01. The fourth-order valence-electron chi connectivity index (χ4n) is 2.73. The third kappa shape index (κ3) is 4.40. The van der Waals surface area contributed by atoms with Gasteiger partial charge < -0.3 is 5.32 Å². The number of hydrogen-bond donors (Lipinski definition) is 1. The lowest BCUT2D eigenvalue weighted by Gasteiger charge is -2.31. The number of aryl methyl sites for hydroxylation is 1. The number of sulfonamides is 1. The number of alkyl halides is 3. The molecule has 1 aliphatic rings. The third-order valence-corrected chi connectivity index (χ3v) is 5.82. The number of halogens is 3. The van der Waals surface area contributed by atoms with E-state index < -0.39 is 20.5 Å². The van der Waals surface area contributed by atoms with Gasteiger partial charge in [0.2, 0.25) is 0 Å². The normalized spacial score (nSPS) is 17.4. The molecule has 1 saturated heterocycles. The maximum Gasteiger partial charge on any atom is 0.511 e. The SMILES string of the molecule is Cc1cc(NCC2CCN(S(=O)(=O)C(F)(F)F)CC2)ccc1[N+](=O)[O-]. The highest BCUT2D eigenvalue weighted by molar-refractivity contribution is 7.90. The molecular formula is C14H18F3N3O4S. The minimum Gasteiger partial charge on any atom is -0.385 e. The predicted molar refractivity (Wildman–Crippen MR) is 85.6 cm³/mol. The molecule has 0 aromatic heterocycles. The molecule has 0 bridgehead atoms. The van der Waals surface area contributed by atoms with Crippen LogP contribution in [0.5, 0.6) is 0 Å². The van der Waals surface area contributed by atoms with Gasteiger partial charge in [-0.05, 0) is 37.8 Å². The van der Waals surface area contributed by atoms with Gasteiger partial charge in [0.15, 0.2) is 0 Å². The second-order valence-electron chi connectivity index (χ2n) is 5.93. The quantitative estimate of drug-likeness (QED) is 0.625. The molecule has 0 radical (unpaired) electrons. The Morgan fingerprint density at radius 3 is 2.40 bits per heavy atom. The third-order valence-electron chi connectivity index (χ3n) is 4.19. The van der Waals surface area contributed by atoms with Crippen molar-refractivity contribution < 1.29 is 26.5 Å². The Bertz CT molecular complexity index is 744. The van der Waals surface area contributed by atoms with E-state index >= 15 is 0 Å². The summed E-state index contributed by atoms with van der Waals surface area (Å²) >= 11 is 0. The van der Waals surface area contributed by atoms with Crippen molar-refractivity contribution in [2.24, 2.45) is 5.92 Å². The minimum absolute atomic E-state index is 0.0104. The molecule has 1 N–H and O–H groups in total. The minimum atomic E-state index is -5.27. The summed E-state index contributed by atoms with van der Waals surface area (Å²) in [5.41, 5.74) is -4.08.